The van der Waals surface area contributed by atoms with Crippen LogP contribution in [-0.2, 0) is 9.52 Å². The zero-order valence-electron chi connectivity index (χ0n) is 5.93. The highest BCUT2D eigenvalue weighted by Crippen LogP contribution is 2.17. The van der Waals surface area contributed by atoms with Crippen molar-refractivity contribution >= 4 is 15.4 Å². The molecule has 0 radical (unpaired) electrons. The molecule has 9 heavy (non-hydrogen) atoms. The lowest BCUT2D eigenvalue weighted by atomic mass is 10.1. The van der Waals surface area contributed by atoms with Crippen molar-refractivity contribution in [3.8, 4) is 0 Å². The van der Waals surface area contributed by atoms with Crippen molar-refractivity contribution in [2.75, 3.05) is 11.5 Å². The van der Waals surface area contributed by atoms with Crippen LogP contribution in [0.4, 0.5) is 0 Å². The zero-order valence-corrected chi connectivity index (χ0v) is 6.75. The fourth-order valence-electron chi connectivity index (χ4n) is 1.08. The topological polar surface area (TPSA) is 17.1 Å². The third-order valence-corrected chi connectivity index (χ3v) is 3.92. The molecule has 1 aliphatic heterocycles. The lowest BCUT2D eigenvalue weighted by Crippen LogP contribution is -2.21. The smallest absolute Gasteiger partial charge is 0.0161 e. The minimum absolute atomic E-state index is 0.779. The molecule has 0 unspecified atom stereocenters. The van der Waals surface area contributed by atoms with Crippen LogP contribution in [0.5, 0.6) is 0 Å². The second kappa shape index (κ2) is 2.33. The van der Waals surface area contributed by atoms with Gasteiger partial charge in [-0.25, -0.2) is 0 Å². The maximum Gasteiger partial charge on any atom is 0.0161 e. The van der Waals surface area contributed by atoms with Crippen LogP contribution in [0, 0.1) is 5.92 Å². The van der Waals surface area contributed by atoms with Crippen LogP contribution in [0.2, 0.25) is 0 Å². The summed E-state index contributed by atoms with van der Waals surface area (Å²) in [6.45, 7) is 2.22. The highest BCUT2D eigenvalue weighted by molar-refractivity contribution is 8.00. The molecule has 1 aliphatic rings. The van der Waals surface area contributed by atoms with Crippen LogP contribution in [0.25, 0.3) is 0 Å². The Balaban J connectivity index is 2.55. The maximum absolute atomic E-state index is 11.2. The summed E-state index contributed by atoms with van der Waals surface area (Å²) >= 11 is 0. The molecule has 2 heteroatoms. The standard InChI is InChI=1S/C7H14OS/c1-7-3-5-9(2,8)6-4-7/h7H,2-6H2,1H3. The highest BCUT2D eigenvalue weighted by atomic mass is 32.2. The van der Waals surface area contributed by atoms with Gasteiger partial charge in [-0.2, -0.15) is 0 Å². The molecule has 0 aromatic rings. The summed E-state index contributed by atoms with van der Waals surface area (Å²) in [5.41, 5.74) is 0. The highest BCUT2D eigenvalue weighted by Gasteiger charge is 2.15. The molecule has 1 nitrogen and oxygen atoms in total. The minimum Gasteiger partial charge on any atom is -0.268 e. The predicted molar refractivity (Wildman–Crippen MR) is 43.4 cm³/mol. The van der Waals surface area contributed by atoms with E-state index in [1.165, 1.54) is 0 Å². The van der Waals surface area contributed by atoms with Crippen LogP contribution in [-0.4, -0.2) is 21.6 Å². The number of rotatable bonds is 0. The Hall–Kier alpha value is 0.0200. The molecule has 0 atom stereocenters. The van der Waals surface area contributed by atoms with Crippen LogP contribution in [0.1, 0.15) is 19.8 Å². The van der Waals surface area contributed by atoms with Gasteiger partial charge in [0.2, 0.25) is 0 Å². The van der Waals surface area contributed by atoms with Gasteiger partial charge in [-0.05, 0) is 34.2 Å². The molecule has 0 aromatic heterocycles. The molecule has 54 valence electrons. The van der Waals surface area contributed by atoms with Gasteiger partial charge in [-0.3, -0.25) is 4.21 Å². The fraction of sp³-hybridized carbons (Fsp3) is 0.857. The van der Waals surface area contributed by atoms with Gasteiger partial charge in [0.15, 0.2) is 0 Å². The maximum atomic E-state index is 11.2. The second-order valence-electron chi connectivity index (χ2n) is 3.06. The zero-order chi connectivity index (χ0) is 6.91. The Bertz CT molecular complexity index is 165. The van der Waals surface area contributed by atoms with Gasteiger partial charge < -0.3 is 0 Å². The molecule has 0 amide bonds. The number of hydrogen-bond donors (Lipinski definition) is 0. The quantitative estimate of drug-likeness (QED) is 0.468. The first-order chi connectivity index (χ1) is 4.10. The second-order valence-corrected chi connectivity index (χ2v) is 5.81. The first kappa shape index (κ1) is 7.13. The molecule has 1 rings (SSSR count). The summed E-state index contributed by atoms with van der Waals surface area (Å²) in [5, 5.41) is 0. The summed E-state index contributed by atoms with van der Waals surface area (Å²) in [6.07, 6.45) is 2.23. The predicted octanol–water partition coefficient (Wildman–Crippen LogP) is 1.13. The van der Waals surface area contributed by atoms with Crippen LogP contribution in [0.3, 0.4) is 0 Å². The monoisotopic (exact) mass is 146 g/mol. The molecule has 0 N–H and O–H groups in total. The molecule has 1 saturated heterocycles. The van der Waals surface area contributed by atoms with Gasteiger partial charge in [0.1, 0.15) is 0 Å². The van der Waals surface area contributed by atoms with E-state index < -0.39 is 9.52 Å². The van der Waals surface area contributed by atoms with Gasteiger partial charge in [-0.15, -0.1) is 0 Å². The van der Waals surface area contributed by atoms with Crippen LogP contribution in [0.15, 0.2) is 0 Å². The number of hydrogen-bond acceptors (Lipinski definition) is 1. The molecule has 1 heterocycles. The third kappa shape index (κ3) is 2.01. The summed E-state index contributed by atoms with van der Waals surface area (Å²) in [7, 11) is -1.62. The van der Waals surface area contributed by atoms with E-state index in [0.29, 0.717) is 0 Å². The van der Waals surface area contributed by atoms with Crippen LogP contribution < -0.4 is 0 Å². The molecule has 0 saturated carbocycles. The third-order valence-electron chi connectivity index (χ3n) is 1.97. The van der Waals surface area contributed by atoms with Crippen molar-refractivity contribution in [1.82, 2.24) is 0 Å². The SMILES string of the molecule is C=S1(=O)CCC(C)CC1. The molecule has 1 fully saturated rings. The molecule has 0 spiro atoms. The lowest BCUT2D eigenvalue weighted by molar-refractivity contribution is 0.525. The van der Waals surface area contributed by atoms with Crippen LogP contribution >= 0.6 is 0 Å². The van der Waals surface area contributed by atoms with Crippen molar-refractivity contribution < 1.29 is 4.21 Å². The van der Waals surface area contributed by atoms with E-state index in [1.54, 1.807) is 0 Å². The van der Waals surface area contributed by atoms with E-state index in [2.05, 4.69) is 12.8 Å². The van der Waals surface area contributed by atoms with E-state index >= 15 is 0 Å². The van der Waals surface area contributed by atoms with Crippen molar-refractivity contribution in [2.45, 2.75) is 19.8 Å². The van der Waals surface area contributed by atoms with E-state index in [9.17, 15) is 4.21 Å². The van der Waals surface area contributed by atoms with Gasteiger partial charge in [0, 0.05) is 11.5 Å². The van der Waals surface area contributed by atoms with Crippen molar-refractivity contribution in [3.63, 3.8) is 0 Å². The van der Waals surface area contributed by atoms with E-state index in [-0.39, 0.29) is 0 Å². The Kier molecular flexibility index (Phi) is 1.85. The summed E-state index contributed by atoms with van der Waals surface area (Å²) in [4.78, 5) is 0. The van der Waals surface area contributed by atoms with Gasteiger partial charge in [-0.1, -0.05) is 6.92 Å². The largest absolute Gasteiger partial charge is 0.268 e. The van der Waals surface area contributed by atoms with E-state index in [4.69, 9.17) is 0 Å². The molecule has 0 bridgehead atoms. The summed E-state index contributed by atoms with van der Waals surface area (Å²) in [5.74, 6) is 6.18. The molecular weight excluding hydrogens is 132 g/mol. The van der Waals surface area contributed by atoms with Crippen molar-refractivity contribution in [3.05, 3.63) is 0 Å². The van der Waals surface area contributed by atoms with Gasteiger partial charge in [0.25, 0.3) is 0 Å². The Morgan fingerprint density at radius 1 is 1.44 bits per heavy atom. The Morgan fingerprint density at radius 2 is 1.89 bits per heavy atom. The van der Waals surface area contributed by atoms with E-state index in [0.717, 1.165) is 30.3 Å². The first-order valence-electron chi connectivity index (χ1n) is 3.43. The fourth-order valence-corrected chi connectivity index (χ4v) is 2.95. The first-order valence-corrected chi connectivity index (χ1v) is 5.49. The normalized spacial score (nSPS) is 44.8. The van der Waals surface area contributed by atoms with E-state index in [1.807, 2.05) is 0 Å². The summed E-state index contributed by atoms with van der Waals surface area (Å²) in [6, 6.07) is 0. The van der Waals surface area contributed by atoms with Crippen molar-refractivity contribution in [1.29, 1.82) is 0 Å². The summed E-state index contributed by atoms with van der Waals surface area (Å²) < 4.78 is 11.2. The average Bonchev–Trinajstić information content (AvgIpc) is 1.78. The molecule has 0 aliphatic carbocycles. The average molecular weight is 146 g/mol. The lowest BCUT2D eigenvalue weighted by Gasteiger charge is -2.20. The Labute approximate surface area is 57.5 Å². The van der Waals surface area contributed by atoms with Crippen molar-refractivity contribution in [2.24, 2.45) is 5.92 Å². The minimum atomic E-state index is -1.62. The van der Waals surface area contributed by atoms with Gasteiger partial charge in [0.05, 0.1) is 0 Å². The Morgan fingerprint density at radius 3 is 2.22 bits per heavy atom. The molecule has 0 aromatic carbocycles. The van der Waals surface area contributed by atoms with Gasteiger partial charge >= 0.3 is 0 Å². The molecular formula is C7H14OS.